The van der Waals surface area contributed by atoms with E-state index in [1.807, 2.05) is 12.1 Å². The first-order valence-electron chi connectivity index (χ1n) is 14.8. The lowest BCUT2D eigenvalue weighted by molar-refractivity contribution is -0.385. The molecule has 3 atom stereocenters. The fourth-order valence-electron chi connectivity index (χ4n) is 6.36. The lowest BCUT2D eigenvalue weighted by atomic mass is 9.82. The fourth-order valence-corrected chi connectivity index (χ4v) is 6.36. The minimum atomic E-state index is -2.11. The number of fused-ring (bicyclic) bond motifs is 2. The smallest absolute Gasteiger partial charge is 0.279 e. The first-order valence-corrected chi connectivity index (χ1v) is 14.8. The Kier molecular flexibility index (Phi) is 7.85. The molecule has 3 heterocycles. The number of nitrogens with zero attached hydrogens (tertiary/aromatic N) is 4. The van der Waals surface area contributed by atoms with Gasteiger partial charge in [0.2, 0.25) is 5.91 Å². The number of benzene rings is 3. The minimum absolute atomic E-state index is 0.0302. The normalized spacial score (nSPS) is 20.3. The molecule has 1 fully saturated rings. The maximum absolute atomic E-state index is 14.0. The number of non-ortho nitro benzene ring substituents is 1. The van der Waals surface area contributed by atoms with Crippen molar-refractivity contribution in [1.29, 1.82) is 0 Å². The van der Waals surface area contributed by atoms with Crippen molar-refractivity contribution in [2.24, 2.45) is 5.92 Å². The largest absolute Gasteiger partial charge is 0.394 e. The van der Waals surface area contributed by atoms with Crippen molar-refractivity contribution in [3.8, 4) is 5.69 Å². The topological polar surface area (TPSA) is 162 Å². The zero-order valence-electron chi connectivity index (χ0n) is 24.6. The van der Waals surface area contributed by atoms with Crippen LogP contribution in [0.1, 0.15) is 37.3 Å². The van der Waals surface area contributed by atoms with Crippen molar-refractivity contribution >= 4 is 34.1 Å². The van der Waals surface area contributed by atoms with E-state index in [1.54, 1.807) is 60.4 Å². The van der Waals surface area contributed by atoms with Crippen molar-refractivity contribution in [3.63, 3.8) is 0 Å². The highest BCUT2D eigenvalue weighted by Gasteiger charge is 2.53. The molecular formula is C33H33N5O7. The Morgan fingerprint density at radius 3 is 2.62 bits per heavy atom. The van der Waals surface area contributed by atoms with Crippen LogP contribution in [0, 0.1) is 16.0 Å². The van der Waals surface area contributed by atoms with Crippen LogP contribution in [0.2, 0.25) is 0 Å². The number of nitro benzene ring substituents is 1. The van der Waals surface area contributed by atoms with Gasteiger partial charge in [0.05, 0.1) is 46.4 Å². The molecule has 0 bridgehead atoms. The van der Waals surface area contributed by atoms with Crippen LogP contribution < -0.4 is 10.5 Å². The van der Waals surface area contributed by atoms with Crippen LogP contribution in [0.4, 0.5) is 11.4 Å². The molecule has 6 rings (SSSR count). The highest BCUT2D eigenvalue weighted by Crippen LogP contribution is 2.47. The number of nitrogens with one attached hydrogen (secondary N) is 1. The first-order chi connectivity index (χ1) is 21.6. The van der Waals surface area contributed by atoms with Gasteiger partial charge in [0.25, 0.3) is 17.2 Å². The zero-order chi connectivity index (χ0) is 31.9. The molecule has 3 aromatic carbocycles. The Labute approximate surface area is 257 Å². The van der Waals surface area contributed by atoms with E-state index in [4.69, 9.17) is 0 Å². The molecule has 2 aliphatic rings. The fraction of sp³-hybridized carbons (Fsp3) is 0.303. The number of para-hydroxylation sites is 1. The number of hydrogen-bond acceptors (Lipinski definition) is 7. The quantitative estimate of drug-likeness (QED) is 0.148. The monoisotopic (exact) mass is 611 g/mol. The van der Waals surface area contributed by atoms with Crippen LogP contribution in [0.3, 0.4) is 0 Å². The molecule has 0 saturated carbocycles. The molecular weight excluding hydrogens is 578 g/mol. The summed E-state index contributed by atoms with van der Waals surface area (Å²) in [6, 6.07) is 18.0. The molecule has 232 valence electrons. The van der Waals surface area contributed by atoms with E-state index in [2.05, 4.69) is 5.10 Å². The minimum Gasteiger partial charge on any atom is -0.394 e. The second kappa shape index (κ2) is 11.8. The van der Waals surface area contributed by atoms with Crippen LogP contribution in [0.25, 0.3) is 16.6 Å². The average Bonchev–Trinajstić information content (AvgIpc) is 3.72. The summed E-state index contributed by atoms with van der Waals surface area (Å²) in [6.45, 7) is 2.17. The van der Waals surface area contributed by atoms with Gasteiger partial charge < -0.3 is 20.0 Å². The molecule has 1 aromatic heterocycles. The summed E-state index contributed by atoms with van der Waals surface area (Å²) in [5.74, 6) is -1.63. The highest BCUT2D eigenvalue weighted by molar-refractivity contribution is 6.07. The standard InChI is InChI=1S/C33H33N5O7/c1-21(6-4-10-30(40)35-17-5-7-25(35)20-39)33(43)27-18-24(38(44)45)15-16-29(27)36(32(33)42)19-22-11-13-23(14-12-22)37-31(41)26-8-2-3-9-28(26)34-37/h2-4,6,8-9,11-16,18,21,25,34,39,43H,5,7,10,17,19-20H2,1H3/b6-4+/t21-,25-,33+/m0/s1. The number of aromatic amines is 1. The van der Waals surface area contributed by atoms with Crippen LogP contribution in [-0.2, 0) is 21.7 Å². The van der Waals surface area contributed by atoms with E-state index in [0.29, 0.717) is 34.4 Å². The Hall–Kier alpha value is -5.07. The van der Waals surface area contributed by atoms with E-state index in [-0.39, 0.29) is 48.3 Å². The van der Waals surface area contributed by atoms with Crippen molar-refractivity contribution in [3.05, 3.63) is 110 Å². The number of hydrogen-bond donors (Lipinski definition) is 3. The summed E-state index contributed by atoms with van der Waals surface area (Å²) < 4.78 is 1.44. The number of likely N-dealkylation sites (tertiary alicyclic amines) is 1. The highest BCUT2D eigenvalue weighted by atomic mass is 16.6. The maximum atomic E-state index is 14.0. The Bertz CT molecular complexity index is 1880. The Morgan fingerprint density at radius 1 is 1.16 bits per heavy atom. The third-order valence-electron chi connectivity index (χ3n) is 8.88. The first kappa shape index (κ1) is 30.0. The van der Waals surface area contributed by atoms with Crippen molar-refractivity contribution in [2.75, 3.05) is 18.1 Å². The van der Waals surface area contributed by atoms with Crippen LogP contribution in [0.15, 0.2) is 83.7 Å². The predicted molar refractivity (Wildman–Crippen MR) is 167 cm³/mol. The predicted octanol–water partition coefficient (Wildman–Crippen LogP) is 3.53. The second-order valence-electron chi connectivity index (χ2n) is 11.6. The van der Waals surface area contributed by atoms with E-state index >= 15 is 0 Å². The van der Waals surface area contributed by atoms with Gasteiger partial charge in [-0.15, -0.1) is 0 Å². The molecule has 0 unspecified atom stereocenters. The summed E-state index contributed by atoms with van der Waals surface area (Å²) in [5, 5.41) is 36.8. The lowest BCUT2D eigenvalue weighted by Crippen LogP contribution is -2.44. The summed E-state index contributed by atoms with van der Waals surface area (Å²) in [4.78, 5) is 53.6. The average molecular weight is 612 g/mol. The number of anilines is 1. The van der Waals surface area contributed by atoms with E-state index in [1.165, 1.54) is 27.8 Å². The lowest BCUT2D eigenvalue weighted by Gasteiger charge is -2.28. The number of aliphatic hydroxyl groups is 2. The van der Waals surface area contributed by atoms with Gasteiger partial charge >= 0.3 is 0 Å². The summed E-state index contributed by atoms with van der Waals surface area (Å²) >= 11 is 0. The number of rotatable bonds is 9. The molecule has 4 aromatic rings. The number of aromatic nitrogens is 2. The van der Waals surface area contributed by atoms with Gasteiger partial charge in [-0.05, 0) is 48.7 Å². The molecule has 2 amide bonds. The van der Waals surface area contributed by atoms with E-state index in [0.717, 1.165) is 12.8 Å². The van der Waals surface area contributed by atoms with Gasteiger partial charge in [0.1, 0.15) is 0 Å². The molecule has 3 N–H and O–H groups in total. The number of H-pyrrole nitrogens is 1. The number of carbonyl (C=O) groups excluding carboxylic acids is 2. The molecule has 0 radical (unpaired) electrons. The van der Waals surface area contributed by atoms with Crippen LogP contribution >= 0.6 is 0 Å². The SMILES string of the molecule is C[C@@H](/C=C/CC(=O)N1CCC[C@H]1CO)[C@]1(O)C(=O)N(Cc2ccc(-n3[nH]c4ccccc4c3=O)cc2)c2ccc([N+](=O)[O-])cc21. The van der Waals surface area contributed by atoms with Gasteiger partial charge in [-0.25, -0.2) is 4.68 Å². The summed E-state index contributed by atoms with van der Waals surface area (Å²) in [7, 11) is 0. The molecule has 1 saturated heterocycles. The van der Waals surface area contributed by atoms with Crippen molar-refractivity contribution < 1.29 is 24.7 Å². The molecule has 12 heteroatoms. The number of nitro groups is 1. The van der Waals surface area contributed by atoms with Gasteiger partial charge in [-0.1, -0.05) is 43.3 Å². The molecule has 0 spiro atoms. The Morgan fingerprint density at radius 2 is 1.91 bits per heavy atom. The van der Waals surface area contributed by atoms with Crippen molar-refractivity contribution in [1.82, 2.24) is 14.7 Å². The van der Waals surface area contributed by atoms with Gasteiger partial charge in [-0.2, -0.15) is 0 Å². The van der Waals surface area contributed by atoms with E-state index in [9.17, 15) is 34.7 Å². The summed E-state index contributed by atoms with van der Waals surface area (Å²) in [6.07, 6.45) is 4.77. The molecule has 0 aliphatic carbocycles. The van der Waals surface area contributed by atoms with Crippen molar-refractivity contribution in [2.45, 2.75) is 44.4 Å². The Balaban J connectivity index is 1.25. The van der Waals surface area contributed by atoms with Crippen LogP contribution in [-0.4, -0.2) is 60.8 Å². The third-order valence-corrected chi connectivity index (χ3v) is 8.88. The molecule has 2 aliphatic heterocycles. The van der Waals surface area contributed by atoms with E-state index < -0.39 is 22.3 Å². The van der Waals surface area contributed by atoms with Crippen LogP contribution in [0.5, 0.6) is 0 Å². The van der Waals surface area contributed by atoms with Gasteiger partial charge in [-0.3, -0.25) is 29.6 Å². The molecule has 12 nitrogen and oxygen atoms in total. The van der Waals surface area contributed by atoms with Gasteiger partial charge in [0, 0.05) is 36.6 Å². The third kappa shape index (κ3) is 5.21. The maximum Gasteiger partial charge on any atom is 0.279 e. The summed E-state index contributed by atoms with van der Waals surface area (Å²) in [5.41, 5.74) is -0.0710. The number of carbonyl (C=O) groups is 2. The zero-order valence-corrected chi connectivity index (χ0v) is 24.6. The number of aliphatic hydroxyl groups excluding tert-OH is 1. The molecule has 45 heavy (non-hydrogen) atoms. The second-order valence-corrected chi connectivity index (χ2v) is 11.6. The number of amides is 2. The van der Waals surface area contributed by atoms with Gasteiger partial charge in [0.15, 0.2) is 5.60 Å².